The molecule has 3 heterocycles. The Morgan fingerprint density at radius 3 is 2.66 bits per heavy atom. The van der Waals surface area contributed by atoms with Crippen molar-refractivity contribution in [1.82, 2.24) is 14.5 Å². The number of hydrogen-bond donors (Lipinski definition) is 1. The third-order valence-electron chi connectivity index (χ3n) is 4.84. The van der Waals surface area contributed by atoms with Gasteiger partial charge in [0.1, 0.15) is 0 Å². The molecular weight excluding hydrogens is 396 g/mol. The second kappa shape index (κ2) is 7.80. The Kier molecular flexibility index (Phi) is 5.20. The standard InChI is InChI=1S/C19H20N4O5S/c1-13-5-2-3-11-23(13)29(25,26)15-9-7-14(8-10-15)17(24)20-19-22-21-18(28-19)16-6-4-12-27-16/h4,6-10,12-13H,2-3,5,11H2,1H3,(H,20,22,24)/t13-/m0/s1. The van der Waals surface area contributed by atoms with Crippen LogP contribution in [0.15, 0.2) is 56.4 Å². The quantitative estimate of drug-likeness (QED) is 0.678. The van der Waals surface area contributed by atoms with E-state index in [4.69, 9.17) is 8.83 Å². The van der Waals surface area contributed by atoms with Crippen LogP contribution in [0.5, 0.6) is 0 Å². The smallest absolute Gasteiger partial charge is 0.322 e. The summed E-state index contributed by atoms with van der Waals surface area (Å²) in [6.45, 7) is 2.43. The van der Waals surface area contributed by atoms with E-state index in [-0.39, 0.29) is 28.4 Å². The first-order chi connectivity index (χ1) is 13.9. The van der Waals surface area contributed by atoms with E-state index in [1.54, 1.807) is 12.1 Å². The maximum atomic E-state index is 12.9. The highest BCUT2D eigenvalue weighted by atomic mass is 32.2. The number of nitrogens with zero attached hydrogens (tertiary/aromatic N) is 3. The summed E-state index contributed by atoms with van der Waals surface area (Å²) in [6, 6.07) is 9.01. The van der Waals surface area contributed by atoms with Crippen LogP contribution in [0.4, 0.5) is 6.01 Å². The Morgan fingerprint density at radius 2 is 1.97 bits per heavy atom. The third-order valence-corrected chi connectivity index (χ3v) is 6.87. The molecular formula is C19H20N4O5S. The van der Waals surface area contributed by atoms with E-state index in [0.717, 1.165) is 19.3 Å². The summed E-state index contributed by atoms with van der Waals surface area (Å²) >= 11 is 0. The molecule has 1 aromatic carbocycles. The number of aromatic nitrogens is 2. The van der Waals surface area contributed by atoms with Crippen LogP contribution in [0.2, 0.25) is 0 Å². The van der Waals surface area contributed by atoms with Gasteiger partial charge in [-0.25, -0.2) is 8.42 Å². The molecule has 1 fully saturated rings. The van der Waals surface area contributed by atoms with Crippen molar-refractivity contribution >= 4 is 21.9 Å². The van der Waals surface area contributed by atoms with Crippen LogP contribution in [0.1, 0.15) is 36.5 Å². The minimum absolute atomic E-state index is 0.0300. The molecule has 1 N–H and O–H groups in total. The van der Waals surface area contributed by atoms with E-state index >= 15 is 0 Å². The Bertz CT molecular complexity index is 1090. The maximum Gasteiger partial charge on any atom is 0.322 e. The largest absolute Gasteiger partial charge is 0.459 e. The predicted molar refractivity (Wildman–Crippen MR) is 104 cm³/mol. The summed E-state index contributed by atoms with van der Waals surface area (Å²) in [5.74, 6) is 0.0387. The fourth-order valence-electron chi connectivity index (χ4n) is 3.29. The van der Waals surface area contributed by atoms with Crippen molar-refractivity contribution in [3.05, 3.63) is 48.2 Å². The molecule has 0 spiro atoms. The molecule has 0 bridgehead atoms. The molecule has 0 aliphatic carbocycles. The van der Waals surface area contributed by atoms with E-state index in [0.29, 0.717) is 12.3 Å². The summed E-state index contributed by atoms with van der Waals surface area (Å²) < 4.78 is 37.8. The first-order valence-corrected chi connectivity index (χ1v) is 10.7. The van der Waals surface area contributed by atoms with Gasteiger partial charge >= 0.3 is 6.01 Å². The molecule has 1 aliphatic rings. The van der Waals surface area contributed by atoms with E-state index in [9.17, 15) is 13.2 Å². The van der Waals surface area contributed by atoms with Gasteiger partial charge in [-0.3, -0.25) is 10.1 Å². The topological polar surface area (TPSA) is 119 Å². The van der Waals surface area contributed by atoms with Crippen molar-refractivity contribution < 1.29 is 22.0 Å². The number of carbonyl (C=O) groups is 1. The van der Waals surface area contributed by atoms with Gasteiger partial charge < -0.3 is 8.83 Å². The Hall–Kier alpha value is -2.98. The van der Waals surface area contributed by atoms with E-state index in [2.05, 4.69) is 15.5 Å². The fourth-order valence-corrected chi connectivity index (χ4v) is 4.98. The van der Waals surface area contributed by atoms with Crippen molar-refractivity contribution in [2.45, 2.75) is 37.1 Å². The average molecular weight is 416 g/mol. The van der Waals surface area contributed by atoms with Crippen LogP contribution in [-0.4, -0.2) is 41.4 Å². The number of carbonyl (C=O) groups excluding carboxylic acids is 1. The highest BCUT2D eigenvalue weighted by Crippen LogP contribution is 2.25. The lowest BCUT2D eigenvalue weighted by atomic mass is 10.1. The molecule has 0 radical (unpaired) electrons. The number of amides is 1. The number of furan rings is 1. The third kappa shape index (κ3) is 3.94. The maximum absolute atomic E-state index is 12.9. The first kappa shape index (κ1) is 19.3. The molecule has 0 unspecified atom stereocenters. The molecule has 29 heavy (non-hydrogen) atoms. The van der Waals surface area contributed by atoms with Crippen LogP contribution in [0, 0.1) is 0 Å². The Labute approximate surface area is 167 Å². The lowest BCUT2D eigenvalue weighted by Gasteiger charge is -2.32. The number of piperidine rings is 1. The van der Waals surface area contributed by atoms with Gasteiger partial charge in [-0.15, -0.1) is 5.10 Å². The summed E-state index contributed by atoms with van der Waals surface area (Å²) in [5, 5.41) is 10.0. The van der Waals surface area contributed by atoms with Gasteiger partial charge in [0, 0.05) is 18.2 Å². The molecule has 10 heteroatoms. The Balaban J connectivity index is 1.47. The SMILES string of the molecule is C[C@H]1CCCCN1S(=O)(=O)c1ccc(C(=O)Nc2nnc(-c3ccco3)o2)cc1. The number of rotatable bonds is 5. The highest BCUT2D eigenvalue weighted by molar-refractivity contribution is 7.89. The van der Waals surface area contributed by atoms with Crippen LogP contribution in [0.3, 0.4) is 0 Å². The second-order valence-electron chi connectivity index (χ2n) is 6.83. The normalized spacial score (nSPS) is 17.9. The summed E-state index contributed by atoms with van der Waals surface area (Å²) in [7, 11) is -3.58. The highest BCUT2D eigenvalue weighted by Gasteiger charge is 2.31. The lowest BCUT2D eigenvalue weighted by molar-refractivity contribution is 0.102. The van der Waals surface area contributed by atoms with Gasteiger partial charge in [0.15, 0.2) is 5.76 Å². The van der Waals surface area contributed by atoms with Gasteiger partial charge in [-0.1, -0.05) is 11.5 Å². The van der Waals surface area contributed by atoms with Gasteiger partial charge in [0.2, 0.25) is 10.0 Å². The Morgan fingerprint density at radius 1 is 1.17 bits per heavy atom. The first-order valence-electron chi connectivity index (χ1n) is 9.26. The molecule has 1 atom stereocenters. The number of sulfonamides is 1. The second-order valence-corrected chi connectivity index (χ2v) is 8.72. The lowest BCUT2D eigenvalue weighted by Crippen LogP contribution is -2.41. The molecule has 3 aromatic rings. The number of hydrogen-bond acceptors (Lipinski definition) is 7. The van der Waals surface area contributed by atoms with Crippen molar-refractivity contribution in [1.29, 1.82) is 0 Å². The molecule has 1 saturated heterocycles. The van der Waals surface area contributed by atoms with E-state index in [1.807, 2.05) is 6.92 Å². The van der Waals surface area contributed by atoms with Crippen LogP contribution >= 0.6 is 0 Å². The van der Waals surface area contributed by atoms with Crippen molar-refractivity contribution in [3.8, 4) is 11.7 Å². The zero-order chi connectivity index (χ0) is 20.4. The number of nitrogens with one attached hydrogen (secondary N) is 1. The zero-order valence-electron chi connectivity index (χ0n) is 15.7. The summed E-state index contributed by atoms with van der Waals surface area (Å²) in [4.78, 5) is 12.6. The minimum Gasteiger partial charge on any atom is -0.459 e. The van der Waals surface area contributed by atoms with E-state index < -0.39 is 15.9 Å². The van der Waals surface area contributed by atoms with Crippen molar-refractivity contribution in [2.24, 2.45) is 0 Å². The van der Waals surface area contributed by atoms with Crippen LogP contribution in [-0.2, 0) is 10.0 Å². The van der Waals surface area contributed by atoms with Crippen molar-refractivity contribution in [3.63, 3.8) is 0 Å². The molecule has 152 valence electrons. The van der Waals surface area contributed by atoms with Gasteiger partial charge in [0.25, 0.3) is 11.8 Å². The minimum atomic E-state index is -3.58. The van der Waals surface area contributed by atoms with E-state index in [1.165, 1.54) is 34.8 Å². The van der Waals surface area contributed by atoms with Crippen molar-refractivity contribution in [2.75, 3.05) is 11.9 Å². The molecule has 4 rings (SSSR count). The molecule has 1 aliphatic heterocycles. The molecule has 0 saturated carbocycles. The zero-order valence-corrected chi connectivity index (χ0v) is 16.6. The monoisotopic (exact) mass is 416 g/mol. The van der Waals surface area contributed by atoms with Gasteiger partial charge in [0.05, 0.1) is 11.2 Å². The fraction of sp³-hybridized carbons (Fsp3) is 0.316. The predicted octanol–water partition coefficient (Wildman–Crippen LogP) is 3.15. The van der Waals surface area contributed by atoms with Gasteiger partial charge in [-0.05, 0) is 56.2 Å². The van der Waals surface area contributed by atoms with Gasteiger partial charge in [-0.2, -0.15) is 4.31 Å². The number of benzene rings is 1. The van der Waals surface area contributed by atoms with Crippen LogP contribution < -0.4 is 5.32 Å². The average Bonchev–Trinajstić information content (AvgIpc) is 3.40. The van der Waals surface area contributed by atoms with Crippen LogP contribution in [0.25, 0.3) is 11.7 Å². The number of anilines is 1. The summed E-state index contributed by atoms with van der Waals surface area (Å²) in [5.41, 5.74) is 0.272. The molecule has 1 amide bonds. The molecule has 9 nitrogen and oxygen atoms in total. The summed E-state index contributed by atoms with van der Waals surface area (Å²) in [6.07, 6.45) is 4.21. The molecule has 2 aromatic heterocycles.